The van der Waals surface area contributed by atoms with E-state index in [1.165, 1.54) is 25.7 Å². The van der Waals surface area contributed by atoms with Crippen molar-refractivity contribution in [3.05, 3.63) is 11.6 Å². The van der Waals surface area contributed by atoms with Crippen LogP contribution in [-0.4, -0.2) is 13.2 Å². The Hall–Kier alpha value is -0.300. The van der Waals surface area contributed by atoms with Crippen LogP contribution in [0.1, 0.15) is 53.4 Å². The average Bonchev–Trinajstić information content (AvgIpc) is 2.79. The Bertz CT molecular complexity index is 303. The Morgan fingerprint density at radius 3 is 2.65 bits per heavy atom. The van der Waals surface area contributed by atoms with Gasteiger partial charge < -0.3 is 4.74 Å². The first-order chi connectivity index (χ1) is 7.98. The van der Waals surface area contributed by atoms with Gasteiger partial charge in [0, 0.05) is 7.11 Å². The number of hydrogen-bond acceptors (Lipinski definition) is 1. The van der Waals surface area contributed by atoms with Crippen LogP contribution < -0.4 is 0 Å². The van der Waals surface area contributed by atoms with Gasteiger partial charge in [-0.3, -0.25) is 0 Å². The van der Waals surface area contributed by atoms with E-state index in [0.717, 1.165) is 11.8 Å². The van der Waals surface area contributed by atoms with Crippen molar-refractivity contribution in [2.45, 2.75) is 59.5 Å². The monoisotopic (exact) mass is 236 g/mol. The molecule has 2 rings (SSSR count). The van der Waals surface area contributed by atoms with Crippen LogP contribution in [0.2, 0.25) is 0 Å². The second-order valence-corrected chi connectivity index (χ2v) is 6.80. The summed E-state index contributed by atoms with van der Waals surface area (Å²) in [6, 6.07) is 0. The molecule has 4 atom stereocenters. The molecule has 0 saturated heterocycles. The van der Waals surface area contributed by atoms with E-state index in [9.17, 15) is 0 Å². The predicted molar refractivity (Wildman–Crippen MR) is 72.9 cm³/mol. The maximum absolute atomic E-state index is 5.83. The minimum Gasteiger partial charge on any atom is -0.381 e. The van der Waals surface area contributed by atoms with Crippen molar-refractivity contribution in [1.29, 1.82) is 0 Å². The minimum atomic E-state index is 0.474. The zero-order valence-corrected chi connectivity index (χ0v) is 12.1. The Balaban J connectivity index is 2.15. The molecule has 1 saturated carbocycles. The van der Waals surface area contributed by atoms with E-state index in [1.807, 2.05) is 7.11 Å². The van der Waals surface area contributed by atoms with Crippen molar-refractivity contribution >= 4 is 0 Å². The standard InChI is InChI=1S/C16H28O/c1-11-7-6-8-12(2)15(17-5)14-13(10-9-11)16(14,3)4/h7,12-15H,6,8-10H2,1-5H3. The summed E-state index contributed by atoms with van der Waals surface area (Å²) >= 11 is 0. The Morgan fingerprint density at radius 2 is 2.00 bits per heavy atom. The highest BCUT2D eigenvalue weighted by Gasteiger charge is 2.61. The Kier molecular flexibility index (Phi) is 3.68. The van der Waals surface area contributed by atoms with Gasteiger partial charge in [-0.25, -0.2) is 0 Å². The molecule has 2 aliphatic rings. The number of rotatable bonds is 1. The van der Waals surface area contributed by atoms with Crippen LogP contribution in [0.3, 0.4) is 0 Å². The molecule has 17 heavy (non-hydrogen) atoms. The van der Waals surface area contributed by atoms with Gasteiger partial charge in [-0.1, -0.05) is 32.4 Å². The fourth-order valence-corrected chi connectivity index (χ4v) is 3.97. The topological polar surface area (TPSA) is 9.23 Å². The summed E-state index contributed by atoms with van der Waals surface area (Å²) in [5.74, 6) is 2.35. The van der Waals surface area contributed by atoms with Crippen molar-refractivity contribution in [3.63, 3.8) is 0 Å². The molecule has 1 fully saturated rings. The first-order valence-corrected chi connectivity index (χ1v) is 7.17. The summed E-state index contributed by atoms with van der Waals surface area (Å²) in [6.07, 6.45) is 8.06. The van der Waals surface area contributed by atoms with Gasteiger partial charge in [0.2, 0.25) is 0 Å². The van der Waals surface area contributed by atoms with E-state index in [-0.39, 0.29) is 0 Å². The largest absolute Gasteiger partial charge is 0.381 e. The van der Waals surface area contributed by atoms with E-state index < -0.39 is 0 Å². The van der Waals surface area contributed by atoms with Gasteiger partial charge in [-0.15, -0.1) is 0 Å². The quantitative estimate of drug-likeness (QED) is 0.612. The zero-order valence-electron chi connectivity index (χ0n) is 12.1. The van der Waals surface area contributed by atoms with Gasteiger partial charge in [-0.2, -0.15) is 0 Å². The molecule has 0 spiro atoms. The fourth-order valence-electron chi connectivity index (χ4n) is 3.97. The first-order valence-electron chi connectivity index (χ1n) is 7.17. The van der Waals surface area contributed by atoms with E-state index in [2.05, 4.69) is 33.8 Å². The maximum Gasteiger partial charge on any atom is 0.0633 e. The lowest BCUT2D eigenvalue weighted by atomic mass is 9.90. The van der Waals surface area contributed by atoms with Crippen LogP contribution in [0.25, 0.3) is 0 Å². The molecular weight excluding hydrogens is 208 g/mol. The van der Waals surface area contributed by atoms with E-state index in [0.29, 0.717) is 17.4 Å². The molecule has 1 nitrogen and oxygen atoms in total. The third-order valence-electron chi connectivity index (χ3n) is 5.29. The molecular formula is C16H28O. The predicted octanol–water partition coefficient (Wildman–Crippen LogP) is 4.43. The summed E-state index contributed by atoms with van der Waals surface area (Å²) in [5, 5.41) is 0. The lowest BCUT2D eigenvalue weighted by Gasteiger charge is -2.24. The molecule has 1 heteroatoms. The number of ether oxygens (including phenoxy) is 1. The van der Waals surface area contributed by atoms with Crippen molar-refractivity contribution in [2.75, 3.05) is 7.11 Å². The lowest BCUT2D eigenvalue weighted by molar-refractivity contribution is 0.0266. The summed E-state index contributed by atoms with van der Waals surface area (Å²) in [6.45, 7) is 9.52. The average molecular weight is 236 g/mol. The summed E-state index contributed by atoms with van der Waals surface area (Å²) in [4.78, 5) is 0. The summed E-state index contributed by atoms with van der Waals surface area (Å²) in [5.41, 5.74) is 2.09. The highest BCUT2D eigenvalue weighted by Crippen LogP contribution is 2.63. The van der Waals surface area contributed by atoms with E-state index >= 15 is 0 Å². The van der Waals surface area contributed by atoms with Gasteiger partial charge in [0.1, 0.15) is 0 Å². The smallest absolute Gasteiger partial charge is 0.0633 e. The van der Waals surface area contributed by atoms with Gasteiger partial charge in [0.15, 0.2) is 0 Å². The first kappa shape index (κ1) is 13.1. The van der Waals surface area contributed by atoms with Crippen molar-refractivity contribution < 1.29 is 4.74 Å². The molecule has 0 heterocycles. The van der Waals surface area contributed by atoms with Gasteiger partial charge in [0.05, 0.1) is 6.10 Å². The molecule has 0 aromatic heterocycles. The second kappa shape index (κ2) is 4.76. The molecule has 0 N–H and O–H groups in total. The van der Waals surface area contributed by atoms with Gasteiger partial charge in [-0.05, 0) is 55.8 Å². The molecule has 0 aliphatic heterocycles. The van der Waals surface area contributed by atoms with Crippen LogP contribution in [0.4, 0.5) is 0 Å². The summed E-state index contributed by atoms with van der Waals surface area (Å²) < 4.78 is 5.83. The third-order valence-corrected chi connectivity index (χ3v) is 5.29. The van der Waals surface area contributed by atoms with Crippen molar-refractivity contribution in [3.8, 4) is 0 Å². The second-order valence-electron chi connectivity index (χ2n) is 6.80. The molecule has 98 valence electrons. The van der Waals surface area contributed by atoms with Crippen LogP contribution >= 0.6 is 0 Å². The van der Waals surface area contributed by atoms with Crippen LogP contribution in [0, 0.1) is 23.2 Å². The maximum atomic E-state index is 5.83. The molecule has 0 aromatic carbocycles. The zero-order chi connectivity index (χ0) is 12.6. The van der Waals surface area contributed by atoms with Crippen LogP contribution in [0.15, 0.2) is 11.6 Å². The number of methoxy groups -OCH3 is 1. The van der Waals surface area contributed by atoms with Gasteiger partial charge in [0.25, 0.3) is 0 Å². The molecule has 0 aromatic rings. The number of allylic oxidation sites excluding steroid dienone is 2. The number of fused-ring (bicyclic) bond motifs is 1. The SMILES string of the molecule is COC1C(C)CCC=C(C)CCC2C1C2(C)C. The molecule has 0 bridgehead atoms. The lowest BCUT2D eigenvalue weighted by Crippen LogP contribution is -2.25. The van der Waals surface area contributed by atoms with Crippen molar-refractivity contribution in [1.82, 2.24) is 0 Å². The Morgan fingerprint density at radius 1 is 1.29 bits per heavy atom. The number of hydrogen-bond donors (Lipinski definition) is 0. The molecule has 0 radical (unpaired) electrons. The van der Waals surface area contributed by atoms with E-state index in [4.69, 9.17) is 4.74 Å². The highest BCUT2D eigenvalue weighted by molar-refractivity contribution is 5.11. The van der Waals surface area contributed by atoms with E-state index in [1.54, 1.807) is 5.57 Å². The van der Waals surface area contributed by atoms with Crippen LogP contribution in [0.5, 0.6) is 0 Å². The minimum absolute atomic E-state index is 0.474. The Labute approximate surface area is 107 Å². The molecule has 2 aliphatic carbocycles. The molecule has 4 unspecified atom stereocenters. The summed E-state index contributed by atoms with van der Waals surface area (Å²) in [7, 11) is 1.90. The van der Waals surface area contributed by atoms with Crippen molar-refractivity contribution in [2.24, 2.45) is 23.2 Å². The van der Waals surface area contributed by atoms with Gasteiger partial charge >= 0.3 is 0 Å². The highest BCUT2D eigenvalue weighted by atomic mass is 16.5. The fraction of sp³-hybridized carbons (Fsp3) is 0.875. The third kappa shape index (κ3) is 2.45. The molecule has 0 amide bonds. The van der Waals surface area contributed by atoms with Crippen LogP contribution in [-0.2, 0) is 4.74 Å². The normalized spacial score (nSPS) is 41.4.